The first-order chi connectivity index (χ1) is 11.9. The quantitative estimate of drug-likeness (QED) is 0.393. The number of fused-ring (bicyclic) bond motifs is 28. The minimum atomic E-state index is 0.815. The molecule has 21 atom stereocenters. The SMILES string of the molecule is SC1CC2C1C1C2C2C1C1C2C2C3C4C5C6C7[B]C7C6C5C4C3C12. The normalized spacial score (nSPS) is 96.3. The van der Waals surface area contributed by atoms with E-state index in [0.717, 1.165) is 22.8 Å². The van der Waals surface area contributed by atoms with Gasteiger partial charge in [0.25, 0.3) is 0 Å². The molecule has 0 nitrogen and oxygen atoms in total. The van der Waals surface area contributed by atoms with Crippen molar-refractivity contribution in [2.45, 2.75) is 23.3 Å². The lowest BCUT2D eigenvalue weighted by molar-refractivity contribution is -0.493. The van der Waals surface area contributed by atoms with Crippen LogP contribution in [-0.2, 0) is 0 Å². The molecular formula is C22H24BS. The average molecular weight is 331 g/mol. The zero-order valence-electron chi connectivity index (χ0n) is 13.9. The van der Waals surface area contributed by atoms with Crippen molar-refractivity contribution in [2.75, 3.05) is 0 Å². The molecule has 24 heavy (non-hydrogen) atoms. The Morgan fingerprint density at radius 1 is 0.458 bits per heavy atom. The van der Waals surface area contributed by atoms with Gasteiger partial charge in [-0.05, 0) is 113 Å². The van der Waals surface area contributed by atoms with Gasteiger partial charge in [-0.1, -0.05) is 11.6 Å². The van der Waals surface area contributed by atoms with Crippen LogP contribution in [0.2, 0.25) is 11.6 Å². The fraction of sp³-hybridized carbons (Fsp3) is 1.00. The van der Waals surface area contributed by atoms with Crippen LogP contribution in [0.15, 0.2) is 0 Å². The third-order valence-corrected chi connectivity index (χ3v) is 14.4. The Bertz CT molecular complexity index is 785. The predicted molar refractivity (Wildman–Crippen MR) is 93.5 cm³/mol. The van der Waals surface area contributed by atoms with Gasteiger partial charge in [0.1, 0.15) is 7.28 Å². The lowest BCUT2D eigenvalue weighted by Crippen LogP contribution is -2.93. The van der Waals surface area contributed by atoms with Gasteiger partial charge in [-0.25, -0.2) is 0 Å². The molecule has 1 aliphatic heterocycles. The van der Waals surface area contributed by atoms with E-state index >= 15 is 0 Å². The van der Waals surface area contributed by atoms with Crippen LogP contribution >= 0.6 is 12.6 Å². The zero-order chi connectivity index (χ0) is 14.5. The highest BCUT2D eigenvalue weighted by Crippen LogP contribution is 2.98. The van der Waals surface area contributed by atoms with Crippen LogP contribution in [0.25, 0.3) is 0 Å². The summed E-state index contributed by atoms with van der Waals surface area (Å²) < 4.78 is 0. The highest BCUT2D eigenvalue weighted by Gasteiger charge is 2.94. The summed E-state index contributed by atoms with van der Waals surface area (Å²) in [6.07, 6.45) is 1.49. The third-order valence-electron chi connectivity index (χ3n) is 13.8. The van der Waals surface area contributed by atoms with Crippen LogP contribution in [0.3, 0.4) is 0 Å². The highest BCUT2D eigenvalue weighted by atomic mass is 32.1. The predicted octanol–water partition coefficient (Wildman–Crippen LogP) is 3.20. The molecule has 1 saturated heterocycles. The lowest BCUT2D eigenvalue weighted by Gasteiger charge is -2.96. The summed E-state index contributed by atoms with van der Waals surface area (Å²) in [6, 6.07) is 0. The molecule has 21 unspecified atom stereocenters. The molecule has 11 aliphatic rings. The Labute approximate surface area is 149 Å². The highest BCUT2D eigenvalue weighted by molar-refractivity contribution is 7.81. The molecule has 0 amide bonds. The van der Waals surface area contributed by atoms with E-state index in [0.29, 0.717) is 0 Å². The minimum Gasteiger partial charge on any atom is -0.176 e. The fourth-order valence-electron chi connectivity index (χ4n) is 13.7. The standard InChI is InChI=1S/C22H24BS/c24-3-1-2-4(3)6-5(2)7-8(6)10-9(7)11-12(10)14-13(11)15-16(14)18-17(15)19-20(18)22-21(19)23-22/h2-22,24H,1H2. The van der Waals surface area contributed by atoms with Crippen LogP contribution in [0, 0.1) is 107 Å². The van der Waals surface area contributed by atoms with Gasteiger partial charge in [0.2, 0.25) is 0 Å². The second-order valence-electron chi connectivity index (χ2n) is 12.6. The monoisotopic (exact) mass is 331 g/mol. The Kier molecular flexibility index (Phi) is 1.29. The Balaban J connectivity index is 0.946. The number of hydrogen-bond acceptors (Lipinski definition) is 1. The number of thiol groups is 1. The van der Waals surface area contributed by atoms with E-state index in [1.54, 1.807) is 0 Å². The van der Waals surface area contributed by atoms with Crippen LogP contribution in [-0.4, -0.2) is 12.5 Å². The molecule has 10 saturated carbocycles. The third kappa shape index (κ3) is 0.686. The maximum Gasteiger partial charge on any atom is 0.117 e. The molecule has 2 heteroatoms. The van der Waals surface area contributed by atoms with Crippen LogP contribution in [0.4, 0.5) is 0 Å². The van der Waals surface area contributed by atoms with E-state index < -0.39 is 0 Å². The van der Waals surface area contributed by atoms with Gasteiger partial charge in [0, 0.05) is 5.25 Å². The summed E-state index contributed by atoms with van der Waals surface area (Å²) in [6.45, 7) is 0. The van der Waals surface area contributed by atoms with Gasteiger partial charge in [0.05, 0.1) is 0 Å². The van der Waals surface area contributed by atoms with Crippen LogP contribution < -0.4 is 0 Å². The first-order valence-corrected chi connectivity index (χ1v) is 11.9. The summed E-state index contributed by atoms with van der Waals surface area (Å²) in [4.78, 5) is 0. The molecule has 1 heterocycles. The summed E-state index contributed by atoms with van der Waals surface area (Å²) in [7, 11) is 2.74. The number of hydrogen-bond donors (Lipinski definition) is 1. The molecule has 121 valence electrons. The number of rotatable bonds is 0. The van der Waals surface area contributed by atoms with E-state index in [1.807, 2.05) is 0 Å². The molecular weight excluding hydrogens is 307 g/mol. The largest absolute Gasteiger partial charge is 0.176 e. The summed E-state index contributed by atoms with van der Waals surface area (Å²) in [5.41, 5.74) is 0. The Hall–Kier alpha value is 0.415. The van der Waals surface area contributed by atoms with E-state index in [-0.39, 0.29) is 0 Å². The summed E-state index contributed by atoms with van der Waals surface area (Å²) >= 11 is 4.88. The van der Waals surface area contributed by atoms with Gasteiger partial charge in [-0.15, -0.1) is 0 Å². The molecule has 1 radical (unpaired) electrons. The summed E-state index contributed by atoms with van der Waals surface area (Å²) in [5, 5.41) is 0.815. The van der Waals surface area contributed by atoms with Gasteiger partial charge in [0.15, 0.2) is 0 Å². The van der Waals surface area contributed by atoms with Crippen molar-refractivity contribution in [2.24, 2.45) is 107 Å². The first kappa shape index (κ1) is 11.3. The topological polar surface area (TPSA) is 0 Å². The average Bonchev–Trinajstić information content (AvgIpc) is 3.20. The van der Waals surface area contributed by atoms with Crippen molar-refractivity contribution in [3.63, 3.8) is 0 Å². The van der Waals surface area contributed by atoms with Crippen molar-refractivity contribution in [1.29, 1.82) is 0 Å². The van der Waals surface area contributed by atoms with Gasteiger partial charge >= 0.3 is 0 Å². The van der Waals surface area contributed by atoms with Crippen molar-refractivity contribution < 1.29 is 0 Å². The maximum atomic E-state index is 4.88. The molecule has 11 rings (SSSR count). The van der Waals surface area contributed by atoms with E-state index in [9.17, 15) is 0 Å². The Morgan fingerprint density at radius 3 is 1.29 bits per heavy atom. The minimum absolute atomic E-state index is 0.815. The van der Waals surface area contributed by atoms with Gasteiger partial charge in [-0.3, -0.25) is 0 Å². The second kappa shape index (κ2) is 2.75. The molecule has 11 fully saturated rings. The van der Waals surface area contributed by atoms with Crippen molar-refractivity contribution in [1.82, 2.24) is 0 Å². The first-order valence-electron chi connectivity index (χ1n) is 11.4. The molecule has 0 aromatic heterocycles. The maximum absolute atomic E-state index is 4.88. The van der Waals surface area contributed by atoms with E-state index in [4.69, 9.17) is 12.6 Å². The van der Waals surface area contributed by atoms with Crippen molar-refractivity contribution in [3.8, 4) is 0 Å². The smallest absolute Gasteiger partial charge is 0.117 e. The summed E-state index contributed by atoms with van der Waals surface area (Å²) in [5.74, 6) is 24.8. The Morgan fingerprint density at radius 2 is 0.833 bits per heavy atom. The van der Waals surface area contributed by atoms with Gasteiger partial charge < -0.3 is 0 Å². The van der Waals surface area contributed by atoms with E-state index in [2.05, 4.69) is 7.28 Å². The zero-order valence-corrected chi connectivity index (χ0v) is 14.8. The molecule has 0 bridgehead atoms. The van der Waals surface area contributed by atoms with Crippen molar-refractivity contribution >= 4 is 19.9 Å². The molecule has 0 spiro atoms. The molecule has 0 N–H and O–H groups in total. The second-order valence-corrected chi connectivity index (χ2v) is 13.3. The van der Waals surface area contributed by atoms with Crippen LogP contribution in [0.5, 0.6) is 0 Å². The molecule has 0 aromatic carbocycles. The van der Waals surface area contributed by atoms with Crippen molar-refractivity contribution in [3.05, 3.63) is 0 Å². The van der Waals surface area contributed by atoms with Crippen LogP contribution in [0.1, 0.15) is 6.42 Å². The molecule has 10 aliphatic carbocycles. The van der Waals surface area contributed by atoms with Gasteiger partial charge in [-0.2, -0.15) is 12.6 Å². The molecule has 0 aromatic rings. The van der Waals surface area contributed by atoms with E-state index in [1.165, 1.54) is 107 Å². The lowest BCUT2D eigenvalue weighted by atomic mass is 9.08. The fourth-order valence-corrected chi connectivity index (χ4v) is 14.3.